The number of hydrogen-bond acceptors (Lipinski definition) is 3. The first kappa shape index (κ1) is 11.1. The number of nitrogen functional groups attached to an aromatic ring is 1. The third kappa shape index (κ3) is 1.71. The lowest BCUT2D eigenvalue weighted by Gasteiger charge is -2.08. The van der Waals surface area contributed by atoms with Gasteiger partial charge in [0.1, 0.15) is 11.5 Å². The van der Waals surface area contributed by atoms with Gasteiger partial charge < -0.3 is 10.3 Å². The van der Waals surface area contributed by atoms with Crippen LogP contribution in [-0.4, -0.2) is 5.16 Å². The van der Waals surface area contributed by atoms with E-state index in [1.807, 2.05) is 13.8 Å². The number of nitrogens with zero attached hydrogens (tertiary/aromatic N) is 1. The summed E-state index contributed by atoms with van der Waals surface area (Å²) in [6, 6.07) is 3.24. The van der Waals surface area contributed by atoms with Gasteiger partial charge >= 0.3 is 0 Å². The molecule has 0 unspecified atom stereocenters. The Labute approximate surface area is 101 Å². The molecule has 0 bridgehead atoms. The second-order valence-electron chi connectivity index (χ2n) is 3.60. The topological polar surface area (TPSA) is 52.0 Å². The van der Waals surface area contributed by atoms with Crippen LogP contribution in [0, 0.1) is 19.7 Å². The summed E-state index contributed by atoms with van der Waals surface area (Å²) in [7, 11) is 0. The number of halogens is 2. The molecule has 2 aromatic rings. The summed E-state index contributed by atoms with van der Waals surface area (Å²) in [5.41, 5.74) is 8.07. The Morgan fingerprint density at radius 2 is 2.06 bits per heavy atom. The minimum atomic E-state index is -0.351. The fourth-order valence-corrected chi connectivity index (χ4v) is 2.10. The molecule has 0 saturated carbocycles. The zero-order valence-electron chi connectivity index (χ0n) is 8.84. The maximum absolute atomic E-state index is 14.0. The van der Waals surface area contributed by atoms with E-state index < -0.39 is 0 Å². The van der Waals surface area contributed by atoms with Crippen LogP contribution >= 0.6 is 15.9 Å². The van der Waals surface area contributed by atoms with Crippen molar-refractivity contribution in [2.75, 3.05) is 5.73 Å². The van der Waals surface area contributed by atoms with Gasteiger partial charge in [0.15, 0.2) is 0 Å². The quantitative estimate of drug-likeness (QED) is 0.873. The molecule has 16 heavy (non-hydrogen) atoms. The van der Waals surface area contributed by atoms with Crippen molar-refractivity contribution in [3.63, 3.8) is 0 Å². The van der Waals surface area contributed by atoms with Crippen LogP contribution in [-0.2, 0) is 0 Å². The third-order valence-corrected chi connectivity index (χ3v) is 3.10. The highest BCUT2D eigenvalue weighted by Gasteiger charge is 2.17. The van der Waals surface area contributed by atoms with Crippen molar-refractivity contribution in [3.05, 3.63) is 33.5 Å². The van der Waals surface area contributed by atoms with Crippen molar-refractivity contribution in [2.24, 2.45) is 0 Å². The predicted molar refractivity (Wildman–Crippen MR) is 63.5 cm³/mol. The van der Waals surface area contributed by atoms with E-state index in [0.29, 0.717) is 15.7 Å². The number of rotatable bonds is 1. The van der Waals surface area contributed by atoms with Gasteiger partial charge in [0, 0.05) is 11.6 Å². The van der Waals surface area contributed by atoms with Gasteiger partial charge in [-0.3, -0.25) is 0 Å². The summed E-state index contributed by atoms with van der Waals surface area (Å²) < 4.78 is 19.1. The van der Waals surface area contributed by atoms with E-state index in [4.69, 9.17) is 10.3 Å². The number of benzene rings is 1. The summed E-state index contributed by atoms with van der Waals surface area (Å²) >= 11 is 3.17. The van der Waals surface area contributed by atoms with Crippen molar-refractivity contribution in [1.29, 1.82) is 0 Å². The third-order valence-electron chi connectivity index (χ3n) is 2.52. The van der Waals surface area contributed by atoms with Crippen LogP contribution < -0.4 is 5.73 Å². The average molecular weight is 285 g/mol. The maximum Gasteiger partial charge on any atom is 0.222 e. The molecule has 5 heteroatoms. The van der Waals surface area contributed by atoms with Crippen molar-refractivity contribution >= 4 is 21.8 Å². The lowest BCUT2D eigenvalue weighted by atomic mass is 10.0. The van der Waals surface area contributed by atoms with Crippen LogP contribution in [0.1, 0.15) is 11.1 Å². The van der Waals surface area contributed by atoms with E-state index in [2.05, 4.69) is 21.1 Å². The fourth-order valence-electron chi connectivity index (χ4n) is 1.55. The molecule has 0 fully saturated rings. The van der Waals surface area contributed by atoms with Crippen molar-refractivity contribution in [2.45, 2.75) is 13.8 Å². The van der Waals surface area contributed by atoms with Gasteiger partial charge in [0.2, 0.25) is 5.88 Å². The highest BCUT2D eigenvalue weighted by Crippen LogP contribution is 2.33. The van der Waals surface area contributed by atoms with Gasteiger partial charge in [-0.1, -0.05) is 5.16 Å². The Kier molecular flexibility index (Phi) is 2.71. The van der Waals surface area contributed by atoms with Crippen LogP contribution in [0.15, 0.2) is 21.1 Å². The Morgan fingerprint density at radius 3 is 2.62 bits per heavy atom. The molecular formula is C11H10BrFN2O. The molecule has 0 aliphatic rings. The molecule has 2 N–H and O–H groups in total. The van der Waals surface area contributed by atoms with E-state index in [1.165, 1.54) is 6.07 Å². The molecule has 3 nitrogen and oxygen atoms in total. The molecule has 0 atom stereocenters. The number of nitrogens with two attached hydrogens (primary N) is 1. The molecule has 1 aromatic heterocycles. The van der Waals surface area contributed by atoms with Crippen LogP contribution in [0.2, 0.25) is 0 Å². The molecule has 84 valence electrons. The Morgan fingerprint density at radius 1 is 1.38 bits per heavy atom. The lowest BCUT2D eigenvalue weighted by Crippen LogP contribution is -1.94. The first-order valence-electron chi connectivity index (χ1n) is 4.68. The lowest BCUT2D eigenvalue weighted by molar-refractivity contribution is 0.438. The van der Waals surface area contributed by atoms with Crippen molar-refractivity contribution < 1.29 is 8.91 Å². The van der Waals surface area contributed by atoms with Crippen LogP contribution in [0.5, 0.6) is 0 Å². The van der Waals surface area contributed by atoms with E-state index in [1.54, 1.807) is 6.07 Å². The summed E-state index contributed by atoms with van der Waals surface area (Å²) in [6.45, 7) is 3.75. The molecule has 2 rings (SSSR count). The Hall–Kier alpha value is -1.36. The zero-order chi connectivity index (χ0) is 11.9. The number of aryl methyl sites for hydroxylation is 1. The fraction of sp³-hybridized carbons (Fsp3) is 0.182. The van der Waals surface area contributed by atoms with E-state index >= 15 is 0 Å². The molecule has 0 spiro atoms. The number of aromatic nitrogens is 1. The number of anilines is 1. The molecule has 0 amide bonds. The molecule has 0 radical (unpaired) electrons. The second kappa shape index (κ2) is 3.90. The van der Waals surface area contributed by atoms with Gasteiger partial charge in [-0.25, -0.2) is 4.39 Å². The first-order chi connectivity index (χ1) is 7.50. The van der Waals surface area contributed by atoms with Crippen molar-refractivity contribution in [1.82, 2.24) is 5.16 Å². The molecule has 0 aliphatic heterocycles. The molecule has 0 saturated heterocycles. The summed E-state index contributed by atoms with van der Waals surface area (Å²) in [4.78, 5) is 0. The smallest absolute Gasteiger partial charge is 0.222 e. The van der Waals surface area contributed by atoms with Crippen LogP contribution in [0.3, 0.4) is 0 Å². The maximum atomic E-state index is 14.0. The molecular weight excluding hydrogens is 275 g/mol. The largest absolute Gasteiger partial charge is 0.368 e. The highest BCUT2D eigenvalue weighted by molar-refractivity contribution is 9.10. The Balaban J connectivity index is 2.73. The van der Waals surface area contributed by atoms with Crippen molar-refractivity contribution in [3.8, 4) is 11.3 Å². The molecule has 1 heterocycles. The monoisotopic (exact) mass is 284 g/mol. The highest BCUT2D eigenvalue weighted by atomic mass is 79.9. The van der Waals surface area contributed by atoms with Gasteiger partial charge in [-0.05, 0) is 47.0 Å². The van der Waals surface area contributed by atoms with Gasteiger partial charge in [0.05, 0.1) is 4.47 Å². The van der Waals surface area contributed by atoms with Gasteiger partial charge in [-0.15, -0.1) is 0 Å². The van der Waals surface area contributed by atoms with E-state index in [-0.39, 0.29) is 11.7 Å². The zero-order valence-corrected chi connectivity index (χ0v) is 10.4. The number of hydrogen-bond donors (Lipinski definition) is 1. The second-order valence-corrected chi connectivity index (χ2v) is 4.46. The molecule has 1 aromatic carbocycles. The minimum Gasteiger partial charge on any atom is -0.368 e. The van der Waals surface area contributed by atoms with Gasteiger partial charge in [0.25, 0.3) is 0 Å². The Bertz CT molecular complexity index is 525. The first-order valence-corrected chi connectivity index (χ1v) is 5.47. The molecule has 0 aliphatic carbocycles. The minimum absolute atomic E-state index is 0.173. The SMILES string of the molecule is Cc1cc(Br)c(F)c(-c2cc(N)on2)c1C. The van der Waals surface area contributed by atoms with Crippen LogP contribution in [0.25, 0.3) is 11.3 Å². The van der Waals surface area contributed by atoms with Gasteiger partial charge in [-0.2, -0.15) is 0 Å². The standard InChI is InChI=1S/C11H10BrFN2O/c1-5-3-7(12)11(13)10(6(5)2)8-4-9(14)16-15-8/h3-4H,14H2,1-2H3. The van der Waals surface area contributed by atoms with E-state index in [9.17, 15) is 4.39 Å². The summed E-state index contributed by atoms with van der Waals surface area (Å²) in [5, 5.41) is 3.73. The van der Waals surface area contributed by atoms with Crippen LogP contribution in [0.4, 0.5) is 10.3 Å². The summed E-state index contributed by atoms with van der Waals surface area (Å²) in [6.07, 6.45) is 0. The summed E-state index contributed by atoms with van der Waals surface area (Å²) in [5.74, 6) is -0.178. The average Bonchev–Trinajstić information content (AvgIpc) is 2.62. The van der Waals surface area contributed by atoms with E-state index in [0.717, 1.165) is 11.1 Å². The normalized spacial score (nSPS) is 10.8. The predicted octanol–water partition coefficient (Wildman–Crippen LogP) is 3.44.